The monoisotopic (exact) mass is 268 g/mol. The quantitative estimate of drug-likeness (QED) is 0.792. The smallest absolute Gasteiger partial charge is 0.326 e. The minimum atomic E-state index is -0.874. The van der Waals surface area contributed by atoms with Crippen LogP contribution in [0.5, 0.6) is 0 Å². The van der Waals surface area contributed by atoms with Crippen LogP contribution in [0.3, 0.4) is 0 Å². The molecular weight excluding hydrogens is 244 g/mol. The predicted octanol–water partition coefficient (Wildman–Crippen LogP) is 2.17. The van der Waals surface area contributed by atoms with Gasteiger partial charge >= 0.3 is 12.0 Å². The summed E-state index contributed by atoms with van der Waals surface area (Å²) < 4.78 is 0. The van der Waals surface area contributed by atoms with Gasteiger partial charge in [0.25, 0.3) is 0 Å². The summed E-state index contributed by atoms with van der Waals surface area (Å²) in [5, 5.41) is 9.16. The van der Waals surface area contributed by atoms with Gasteiger partial charge in [0.1, 0.15) is 6.04 Å². The minimum absolute atomic E-state index is 0.0809. The van der Waals surface area contributed by atoms with Gasteiger partial charge in [-0.1, -0.05) is 13.8 Å². The molecule has 19 heavy (non-hydrogen) atoms. The molecule has 0 unspecified atom stereocenters. The summed E-state index contributed by atoms with van der Waals surface area (Å²) in [4.78, 5) is 27.0. The summed E-state index contributed by atoms with van der Waals surface area (Å²) in [6.45, 7) is 6.54. The van der Waals surface area contributed by atoms with Crippen molar-refractivity contribution in [1.82, 2.24) is 9.80 Å². The van der Waals surface area contributed by atoms with Gasteiger partial charge in [-0.2, -0.15) is 0 Å². The van der Waals surface area contributed by atoms with Crippen molar-refractivity contribution >= 4 is 12.0 Å². The SMILES string of the molecule is CC1(C)CCCN(C(=O)N2CCC[C@@H]2C(=O)O)CC1. The molecule has 1 N–H and O–H groups in total. The number of nitrogens with zero attached hydrogens (tertiary/aromatic N) is 2. The van der Waals surface area contributed by atoms with Crippen LogP contribution in [-0.4, -0.2) is 52.6 Å². The Kier molecular flexibility index (Phi) is 4.02. The molecule has 0 bridgehead atoms. The maximum absolute atomic E-state index is 12.5. The molecule has 2 fully saturated rings. The van der Waals surface area contributed by atoms with Gasteiger partial charge in [0.05, 0.1) is 0 Å². The summed E-state index contributed by atoms with van der Waals surface area (Å²) in [6, 6.07) is -0.702. The fraction of sp³-hybridized carbons (Fsp3) is 0.857. The van der Waals surface area contributed by atoms with Crippen molar-refractivity contribution in [2.75, 3.05) is 19.6 Å². The third kappa shape index (κ3) is 3.19. The van der Waals surface area contributed by atoms with E-state index in [1.54, 1.807) is 4.90 Å². The highest BCUT2D eigenvalue weighted by Crippen LogP contribution is 2.30. The second kappa shape index (κ2) is 5.39. The zero-order valence-electron chi connectivity index (χ0n) is 11.9. The number of rotatable bonds is 1. The second-order valence-electron chi connectivity index (χ2n) is 6.48. The molecule has 2 aliphatic heterocycles. The molecule has 108 valence electrons. The lowest BCUT2D eigenvalue weighted by atomic mass is 9.85. The predicted molar refractivity (Wildman–Crippen MR) is 72.0 cm³/mol. The van der Waals surface area contributed by atoms with Gasteiger partial charge in [-0.3, -0.25) is 0 Å². The summed E-state index contributed by atoms with van der Waals surface area (Å²) in [5.74, 6) is -0.874. The lowest BCUT2D eigenvalue weighted by Crippen LogP contribution is -2.48. The van der Waals surface area contributed by atoms with E-state index in [0.717, 1.165) is 38.8 Å². The van der Waals surface area contributed by atoms with Crippen molar-refractivity contribution in [3.8, 4) is 0 Å². The normalized spacial score (nSPS) is 27.2. The van der Waals surface area contributed by atoms with Crippen LogP contribution >= 0.6 is 0 Å². The number of carboxylic acids is 1. The number of aliphatic carboxylic acids is 1. The van der Waals surface area contributed by atoms with Gasteiger partial charge in [-0.05, 0) is 37.5 Å². The molecule has 2 aliphatic rings. The molecule has 0 radical (unpaired) electrons. The summed E-state index contributed by atoms with van der Waals surface area (Å²) in [5.41, 5.74) is 0.284. The molecule has 2 amide bonds. The van der Waals surface area contributed by atoms with E-state index < -0.39 is 12.0 Å². The van der Waals surface area contributed by atoms with E-state index in [2.05, 4.69) is 13.8 Å². The Bertz CT molecular complexity index is 368. The van der Waals surface area contributed by atoms with Gasteiger partial charge in [-0.15, -0.1) is 0 Å². The van der Waals surface area contributed by atoms with Gasteiger partial charge in [0.2, 0.25) is 0 Å². The van der Waals surface area contributed by atoms with Gasteiger partial charge < -0.3 is 14.9 Å². The van der Waals surface area contributed by atoms with Crippen LogP contribution in [0.2, 0.25) is 0 Å². The van der Waals surface area contributed by atoms with Crippen molar-refractivity contribution in [2.45, 2.75) is 52.0 Å². The number of urea groups is 1. The van der Waals surface area contributed by atoms with E-state index in [1.807, 2.05) is 4.90 Å². The largest absolute Gasteiger partial charge is 0.480 e. The number of hydrogen-bond donors (Lipinski definition) is 1. The van der Waals surface area contributed by atoms with Crippen LogP contribution in [0.1, 0.15) is 46.0 Å². The molecule has 1 atom stereocenters. The molecule has 0 aromatic rings. The fourth-order valence-corrected chi connectivity index (χ4v) is 3.05. The lowest BCUT2D eigenvalue weighted by molar-refractivity contribution is -0.141. The van der Waals surface area contributed by atoms with Gasteiger partial charge in [-0.25, -0.2) is 9.59 Å². The summed E-state index contributed by atoms with van der Waals surface area (Å²) in [6.07, 6.45) is 4.50. The number of amides is 2. The molecule has 2 saturated heterocycles. The molecular formula is C14H24N2O3. The standard InChI is InChI=1S/C14H24N2O3/c1-14(2)6-4-8-15(10-7-14)13(19)16-9-3-5-11(16)12(17)18/h11H,3-10H2,1-2H3,(H,17,18)/t11-/m1/s1. The Hall–Kier alpha value is -1.26. The Morgan fingerprint density at radius 3 is 2.53 bits per heavy atom. The topological polar surface area (TPSA) is 60.9 Å². The number of carboxylic acid groups (broad SMARTS) is 1. The summed E-state index contributed by atoms with van der Waals surface area (Å²) >= 11 is 0. The van der Waals surface area contributed by atoms with E-state index in [4.69, 9.17) is 5.11 Å². The number of likely N-dealkylation sites (tertiary alicyclic amines) is 2. The Balaban J connectivity index is 2.01. The van der Waals surface area contributed by atoms with Crippen LogP contribution in [0.25, 0.3) is 0 Å². The van der Waals surface area contributed by atoms with Gasteiger partial charge in [0.15, 0.2) is 0 Å². The van der Waals surface area contributed by atoms with E-state index in [-0.39, 0.29) is 11.4 Å². The fourth-order valence-electron chi connectivity index (χ4n) is 3.05. The van der Waals surface area contributed by atoms with Crippen LogP contribution in [0.15, 0.2) is 0 Å². The van der Waals surface area contributed by atoms with Crippen LogP contribution in [0.4, 0.5) is 4.79 Å². The molecule has 5 heteroatoms. The molecule has 0 aromatic heterocycles. The minimum Gasteiger partial charge on any atom is -0.480 e. The number of carbonyl (C=O) groups is 2. The Morgan fingerprint density at radius 2 is 1.84 bits per heavy atom. The van der Waals surface area contributed by atoms with E-state index in [0.29, 0.717) is 13.0 Å². The molecule has 0 aliphatic carbocycles. The third-order valence-corrected chi connectivity index (χ3v) is 4.39. The molecule has 5 nitrogen and oxygen atoms in total. The van der Waals surface area contributed by atoms with E-state index in [9.17, 15) is 9.59 Å². The third-order valence-electron chi connectivity index (χ3n) is 4.39. The zero-order chi connectivity index (χ0) is 14.0. The van der Waals surface area contributed by atoms with Crippen LogP contribution in [0, 0.1) is 5.41 Å². The maximum Gasteiger partial charge on any atom is 0.326 e. The van der Waals surface area contributed by atoms with Crippen molar-refractivity contribution < 1.29 is 14.7 Å². The zero-order valence-corrected chi connectivity index (χ0v) is 11.9. The van der Waals surface area contributed by atoms with Crippen molar-refractivity contribution in [2.24, 2.45) is 5.41 Å². The average molecular weight is 268 g/mol. The Morgan fingerprint density at radius 1 is 1.11 bits per heavy atom. The molecule has 0 saturated carbocycles. The molecule has 0 aromatic carbocycles. The van der Waals surface area contributed by atoms with Crippen LogP contribution in [-0.2, 0) is 4.79 Å². The van der Waals surface area contributed by atoms with Crippen LogP contribution < -0.4 is 0 Å². The maximum atomic E-state index is 12.5. The first-order valence-corrected chi connectivity index (χ1v) is 7.19. The van der Waals surface area contributed by atoms with Crippen molar-refractivity contribution in [3.63, 3.8) is 0 Å². The van der Waals surface area contributed by atoms with Crippen molar-refractivity contribution in [3.05, 3.63) is 0 Å². The van der Waals surface area contributed by atoms with Crippen molar-refractivity contribution in [1.29, 1.82) is 0 Å². The molecule has 2 rings (SSSR count). The molecule has 0 spiro atoms. The van der Waals surface area contributed by atoms with E-state index in [1.165, 1.54) is 0 Å². The van der Waals surface area contributed by atoms with E-state index >= 15 is 0 Å². The van der Waals surface area contributed by atoms with Gasteiger partial charge in [0, 0.05) is 19.6 Å². The highest BCUT2D eigenvalue weighted by molar-refractivity contribution is 5.83. The number of hydrogen-bond acceptors (Lipinski definition) is 2. The first-order valence-electron chi connectivity index (χ1n) is 7.19. The second-order valence-corrected chi connectivity index (χ2v) is 6.48. The first-order chi connectivity index (χ1) is 8.91. The lowest BCUT2D eigenvalue weighted by Gasteiger charge is -2.30. The first kappa shape index (κ1) is 14.2. The number of carbonyl (C=O) groups excluding carboxylic acids is 1. The highest BCUT2D eigenvalue weighted by atomic mass is 16.4. The Labute approximate surface area is 114 Å². The summed E-state index contributed by atoms with van der Waals surface area (Å²) in [7, 11) is 0. The molecule has 2 heterocycles. The average Bonchev–Trinajstić information content (AvgIpc) is 2.74. The highest BCUT2D eigenvalue weighted by Gasteiger charge is 2.37.